The normalized spacial score (nSPS) is 18.6. The second kappa shape index (κ2) is 13.6. The minimum Gasteiger partial charge on any atom is -0.478 e. The molecular formula is C29H41N7O5. The lowest BCUT2D eigenvalue weighted by Gasteiger charge is -2.51. The molecule has 222 valence electrons. The largest absolute Gasteiger partial charge is 0.478 e. The van der Waals surface area contributed by atoms with Gasteiger partial charge in [-0.15, -0.1) is 0 Å². The van der Waals surface area contributed by atoms with E-state index < -0.39 is 5.97 Å². The molecule has 12 nitrogen and oxygen atoms in total. The highest BCUT2D eigenvalue weighted by molar-refractivity contribution is 5.96. The number of ether oxygens (including phenoxy) is 1. The summed E-state index contributed by atoms with van der Waals surface area (Å²) in [5.41, 5.74) is 3.31. The van der Waals surface area contributed by atoms with Crippen LogP contribution in [0.4, 0.5) is 4.79 Å². The molecule has 2 aromatic rings. The van der Waals surface area contributed by atoms with E-state index in [0.29, 0.717) is 36.6 Å². The molecule has 2 amide bonds. The monoisotopic (exact) mass is 567 g/mol. The molecule has 1 atom stereocenters. The average Bonchev–Trinajstić information content (AvgIpc) is 2.92. The summed E-state index contributed by atoms with van der Waals surface area (Å²) in [6.07, 6.45) is 5.97. The van der Waals surface area contributed by atoms with Gasteiger partial charge >= 0.3 is 12.1 Å². The molecule has 0 aromatic carbocycles. The van der Waals surface area contributed by atoms with Gasteiger partial charge in [0.15, 0.2) is 0 Å². The number of aromatic carboxylic acids is 1. The summed E-state index contributed by atoms with van der Waals surface area (Å²) < 4.78 is 5.20. The Labute approximate surface area is 241 Å². The van der Waals surface area contributed by atoms with Crippen LogP contribution in [0.1, 0.15) is 70.2 Å². The number of piperidine rings is 1. The van der Waals surface area contributed by atoms with Crippen LogP contribution in [-0.4, -0.2) is 109 Å². The zero-order valence-electron chi connectivity index (χ0n) is 24.9. The first-order valence-electron chi connectivity index (χ1n) is 13.8. The number of rotatable bonds is 5. The maximum Gasteiger partial charge on any atom is 0.410 e. The fraction of sp³-hybridized carbons (Fsp3) is 0.552. The number of hydrogen-bond acceptors (Lipinski definition) is 9. The van der Waals surface area contributed by atoms with Gasteiger partial charge in [-0.05, 0) is 54.4 Å². The van der Waals surface area contributed by atoms with Gasteiger partial charge in [-0.1, -0.05) is 12.7 Å². The number of carboxylic acid groups (broad SMARTS) is 1. The summed E-state index contributed by atoms with van der Waals surface area (Å²) in [5, 5.41) is 8.67. The Bertz CT molecular complexity index is 1240. The van der Waals surface area contributed by atoms with Crippen molar-refractivity contribution in [1.82, 2.24) is 34.6 Å². The molecule has 0 saturated carbocycles. The lowest BCUT2D eigenvalue weighted by molar-refractivity contribution is -0.0160. The Morgan fingerprint density at radius 2 is 1.46 bits per heavy atom. The van der Waals surface area contributed by atoms with E-state index in [2.05, 4.69) is 45.3 Å². The summed E-state index contributed by atoms with van der Waals surface area (Å²) >= 11 is 0. The van der Waals surface area contributed by atoms with E-state index in [1.54, 1.807) is 24.8 Å². The first-order valence-corrected chi connectivity index (χ1v) is 13.8. The molecule has 0 radical (unpaired) electrons. The molecule has 4 rings (SSSR count). The van der Waals surface area contributed by atoms with Crippen molar-refractivity contribution in [1.29, 1.82) is 0 Å². The van der Waals surface area contributed by atoms with Gasteiger partial charge in [0.2, 0.25) is 0 Å². The summed E-state index contributed by atoms with van der Waals surface area (Å²) in [6.45, 7) is 18.8. The van der Waals surface area contributed by atoms with E-state index in [9.17, 15) is 14.4 Å². The fourth-order valence-electron chi connectivity index (χ4n) is 5.40. The Hall–Kier alpha value is -3.93. The number of aromatic nitrogens is 4. The van der Waals surface area contributed by atoms with Crippen LogP contribution in [0.3, 0.4) is 0 Å². The van der Waals surface area contributed by atoms with E-state index in [-0.39, 0.29) is 35.8 Å². The van der Waals surface area contributed by atoms with Gasteiger partial charge in [0.05, 0.1) is 28.3 Å². The van der Waals surface area contributed by atoms with Crippen molar-refractivity contribution in [3.05, 3.63) is 59.2 Å². The Morgan fingerprint density at radius 1 is 0.951 bits per heavy atom. The summed E-state index contributed by atoms with van der Waals surface area (Å²) in [4.78, 5) is 57.9. The van der Waals surface area contributed by atoms with Crippen molar-refractivity contribution in [2.24, 2.45) is 0 Å². The van der Waals surface area contributed by atoms with Crippen LogP contribution in [0.15, 0.2) is 25.3 Å². The number of hydrogen-bond donors (Lipinski definition) is 1. The maximum atomic E-state index is 13.1. The number of carboxylic acids is 1. The van der Waals surface area contributed by atoms with Gasteiger partial charge in [-0.3, -0.25) is 9.69 Å². The molecule has 41 heavy (non-hydrogen) atoms. The van der Waals surface area contributed by atoms with Gasteiger partial charge < -0.3 is 19.6 Å². The van der Waals surface area contributed by atoms with Crippen LogP contribution in [0, 0.1) is 27.7 Å². The summed E-state index contributed by atoms with van der Waals surface area (Å²) in [5.74, 6) is -0.948. The smallest absolute Gasteiger partial charge is 0.410 e. The second-order valence-electron chi connectivity index (χ2n) is 10.8. The molecule has 0 spiro atoms. The summed E-state index contributed by atoms with van der Waals surface area (Å²) in [7, 11) is 0. The molecule has 2 fully saturated rings. The fourth-order valence-corrected chi connectivity index (χ4v) is 5.40. The van der Waals surface area contributed by atoms with Crippen LogP contribution in [-0.2, 0) is 4.74 Å². The average molecular weight is 568 g/mol. The number of likely N-dealkylation sites (tertiary alicyclic amines) is 1. The number of amides is 2. The third-order valence-electron chi connectivity index (χ3n) is 7.96. The van der Waals surface area contributed by atoms with Crippen LogP contribution in [0.2, 0.25) is 0 Å². The molecule has 4 heterocycles. The highest BCUT2D eigenvalue weighted by Crippen LogP contribution is 2.31. The van der Waals surface area contributed by atoms with Crippen LogP contribution < -0.4 is 0 Å². The zero-order valence-corrected chi connectivity index (χ0v) is 24.9. The Kier molecular flexibility index (Phi) is 10.5. The van der Waals surface area contributed by atoms with Crippen LogP contribution in [0.5, 0.6) is 0 Å². The predicted octanol–water partition coefficient (Wildman–Crippen LogP) is 3.21. The van der Waals surface area contributed by atoms with Crippen LogP contribution >= 0.6 is 0 Å². The van der Waals surface area contributed by atoms with E-state index in [4.69, 9.17) is 9.84 Å². The summed E-state index contributed by atoms with van der Waals surface area (Å²) in [6, 6.07) is 0.0827. The van der Waals surface area contributed by atoms with E-state index in [1.165, 1.54) is 12.7 Å². The molecule has 0 bridgehead atoms. The Morgan fingerprint density at radius 3 is 1.90 bits per heavy atom. The van der Waals surface area contributed by atoms with Gasteiger partial charge in [0.25, 0.3) is 5.91 Å². The third-order valence-corrected chi connectivity index (χ3v) is 7.96. The highest BCUT2D eigenvalue weighted by Gasteiger charge is 2.41. The van der Waals surface area contributed by atoms with Crippen molar-refractivity contribution in [2.45, 2.75) is 66.0 Å². The zero-order chi connectivity index (χ0) is 30.3. The predicted molar refractivity (Wildman–Crippen MR) is 153 cm³/mol. The van der Waals surface area contributed by atoms with Gasteiger partial charge in [0.1, 0.15) is 24.8 Å². The molecule has 0 aliphatic carbocycles. The van der Waals surface area contributed by atoms with Crippen LogP contribution in [0.25, 0.3) is 0 Å². The van der Waals surface area contributed by atoms with E-state index in [0.717, 1.165) is 37.3 Å². The SMILES string of the molecule is C=CCOC(=O)N1CCN(C2(C)CCN(C(=O)c3c(C)ncnc3C)CC2)C[C@@H]1C.Cc1ncnc(C)c1C(=O)O. The minimum absolute atomic E-state index is 0.0133. The van der Waals surface area contributed by atoms with Crippen molar-refractivity contribution in [3.8, 4) is 0 Å². The molecular weight excluding hydrogens is 526 g/mol. The standard InChI is InChI=1S/C22H33N5O3.C7H8N2O2/c1-6-13-30-21(29)27-12-11-26(14-16(27)2)22(5)7-9-25(10-8-22)20(28)19-17(3)23-15-24-18(19)4;1-4-6(7(10)11)5(2)9-3-8-4/h6,15-16H,1,7-14H2,2-5H3;3H,1-2H3,(H,10,11)/t16-;/m0./s1. The van der Waals surface area contributed by atoms with Crippen molar-refractivity contribution in [2.75, 3.05) is 39.3 Å². The first kappa shape index (κ1) is 31.6. The molecule has 1 N–H and O–H groups in total. The van der Waals surface area contributed by atoms with E-state index >= 15 is 0 Å². The first-order chi connectivity index (χ1) is 19.4. The lowest BCUT2D eigenvalue weighted by atomic mass is 9.86. The van der Waals surface area contributed by atoms with Crippen molar-refractivity contribution in [3.63, 3.8) is 0 Å². The number of piperazine rings is 1. The van der Waals surface area contributed by atoms with Gasteiger partial charge in [-0.25, -0.2) is 29.5 Å². The van der Waals surface area contributed by atoms with Crippen molar-refractivity contribution < 1.29 is 24.2 Å². The second-order valence-corrected chi connectivity index (χ2v) is 10.8. The minimum atomic E-state index is -0.972. The molecule has 0 unspecified atom stereocenters. The molecule has 2 aromatic heterocycles. The quantitative estimate of drug-likeness (QED) is 0.535. The van der Waals surface area contributed by atoms with Gasteiger partial charge in [0, 0.05) is 44.3 Å². The number of carbonyl (C=O) groups excluding carboxylic acids is 2. The maximum absolute atomic E-state index is 13.1. The highest BCUT2D eigenvalue weighted by atomic mass is 16.6. The molecule has 2 aliphatic heterocycles. The Balaban J connectivity index is 0.000000352. The van der Waals surface area contributed by atoms with Crippen molar-refractivity contribution >= 4 is 18.0 Å². The third kappa shape index (κ3) is 7.43. The number of nitrogens with zero attached hydrogens (tertiary/aromatic N) is 7. The molecule has 2 saturated heterocycles. The number of aryl methyl sites for hydroxylation is 4. The van der Waals surface area contributed by atoms with Gasteiger partial charge in [-0.2, -0.15) is 0 Å². The molecule has 12 heteroatoms. The van der Waals surface area contributed by atoms with E-state index in [1.807, 2.05) is 18.7 Å². The lowest BCUT2D eigenvalue weighted by Crippen LogP contribution is -2.62. The topological polar surface area (TPSA) is 142 Å². The number of carbonyl (C=O) groups is 3. The molecule has 2 aliphatic rings.